The van der Waals surface area contributed by atoms with Gasteiger partial charge in [0, 0.05) is 10.6 Å². The lowest BCUT2D eigenvalue weighted by Gasteiger charge is -2.13. The van der Waals surface area contributed by atoms with Gasteiger partial charge in [0.1, 0.15) is 6.54 Å². The van der Waals surface area contributed by atoms with E-state index in [2.05, 4.69) is 5.32 Å². The summed E-state index contributed by atoms with van der Waals surface area (Å²) in [5.41, 5.74) is 1.76. The molecular weight excluding hydrogens is 389 g/mol. The number of Topliss-reactive ketones (excluding diaryl/α,β-unsaturated/α-hetero) is 1. The van der Waals surface area contributed by atoms with Crippen molar-refractivity contribution in [2.24, 2.45) is 0 Å². The van der Waals surface area contributed by atoms with Gasteiger partial charge in [-0.15, -0.1) is 0 Å². The first-order chi connectivity index (χ1) is 12.8. The molecule has 0 fully saturated rings. The van der Waals surface area contributed by atoms with Crippen LogP contribution in [0.25, 0.3) is 0 Å². The fraction of sp³-hybridized carbons (Fsp3) is 0.250. The van der Waals surface area contributed by atoms with Gasteiger partial charge >= 0.3 is 5.97 Å². The molecule has 2 aromatic rings. The molecule has 0 saturated carbocycles. The molecule has 0 aromatic heterocycles. The van der Waals surface area contributed by atoms with Gasteiger partial charge in [0.15, 0.2) is 6.10 Å². The topological polar surface area (TPSA) is 72.5 Å². The molecule has 0 aliphatic rings. The first-order valence-corrected chi connectivity index (χ1v) is 9.13. The Kier molecular flexibility index (Phi) is 7.39. The molecule has 2 rings (SSSR count). The van der Waals surface area contributed by atoms with Crippen molar-refractivity contribution in [2.45, 2.75) is 26.4 Å². The molecule has 0 aliphatic carbocycles. The molecule has 0 unspecified atom stereocenters. The van der Waals surface area contributed by atoms with Crippen molar-refractivity contribution in [1.82, 2.24) is 5.32 Å². The number of amides is 1. The SMILES string of the molecule is CCc1ccc(C(=O)[C@@H](C)OC(=O)CNC(=O)c2ccc(Cl)cc2Cl)cc1. The van der Waals surface area contributed by atoms with Gasteiger partial charge in [-0.25, -0.2) is 0 Å². The number of hydrogen-bond donors (Lipinski definition) is 1. The van der Waals surface area contributed by atoms with Gasteiger partial charge in [0.05, 0.1) is 10.6 Å². The second-order valence-corrected chi connectivity index (χ2v) is 6.70. The molecule has 0 spiro atoms. The maximum Gasteiger partial charge on any atom is 0.326 e. The Hall–Kier alpha value is -2.37. The van der Waals surface area contributed by atoms with Crippen molar-refractivity contribution >= 4 is 40.9 Å². The standard InChI is InChI=1S/C20H19Cl2NO4/c1-3-13-4-6-14(7-5-13)19(25)12(2)27-18(24)11-23-20(26)16-9-8-15(21)10-17(16)22/h4-10,12H,3,11H2,1-2H3,(H,23,26)/t12-/m1/s1. The highest BCUT2D eigenvalue weighted by Gasteiger charge is 2.20. The predicted octanol–water partition coefficient (Wildman–Crippen LogP) is 4.10. The van der Waals surface area contributed by atoms with E-state index in [0.29, 0.717) is 10.6 Å². The summed E-state index contributed by atoms with van der Waals surface area (Å²) in [5.74, 6) is -1.57. The van der Waals surface area contributed by atoms with E-state index in [4.69, 9.17) is 27.9 Å². The lowest BCUT2D eigenvalue weighted by Crippen LogP contribution is -2.34. The molecule has 1 amide bonds. The maximum atomic E-state index is 12.3. The monoisotopic (exact) mass is 407 g/mol. The van der Waals surface area contributed by atoms with E-state index in [1.54, 1.807) is 12.1 Å². The van der Waals surface area contributed by atoms with Crippen molar-refractivity contribution in [3.63, 3.8) is 0 Å². The summed E-state index contributed by atoms with van der Waals surface area (Å²) >= 11 is 11.7. The predicted molar refractivity (Wildman–Crippen MR) is 104 cm³/mol. The molecule has 27 heavy (non-hydrogen) atoms. The molecule has 1 atom stereocenters. The average Bonchev–Trinajstić information content (AvgIpc) is 2.65. The second kappa shape index (κ2) is 9.53. The Bertz CT molecular complexity index is 850. The zero-order chi connectivity index (χ0) is 20.0. The number of hydrogen-bond acceptors (Lipinski definition) is 4. The van der Waals surface area contributed by atoms with Gasteiger partial charge in [-0.1, -0.05) is 54.4 Å². The third kappa shape index (κ3) is 5.81. The number of aryl methyl sites for hydroxylation is 1. The average molecular weight is 408 g/mol. The third-order valence-electron chi connectivity index (χ3n) is 3.89. The molecule has 7 heteroatoms. The van der Waals surface area contributed by atoms with E-state index in [0.717, 1.165) is 12.0 Å². The van der Waals surface area contributed by atoms with Crippen LogP contribution in [0.3, 0.4) is 0 Å². The molecule has 0 radical (unpaired) electrons. The third-order valence-corrected chi connectivity index (χ3v) is 4.44. The lowest BCUT2D eigenvalue weighted by atomic mass is 10.0. The molecule has 1 N–H and O–H groups in total. The van der Waals surface area contributed by atoms with Crippen molar-refractivity contribution in [3.8, 4) is 0 Å². The normalized spacial score (nSPS) is 11.6. The Labute approximate surface area is 167 Å². The minimum absolute atomic E-state index is 0.174. The van der Waals surface area contributed by atoms with Crippen molar-refractivity contribution in [1.29, 1.82) is 0 Å². The van der Waals surface area contributed by atoms with Crippen LogP contribution in [-0.4, -0.2) is 30.3 Å². The summed E-state index contributed by atoms with van der Waals surface area (Å²) in [7, 11) is 0. The number of benzene rings is 2. The van der Waals surface area contributed by atoms with Crippen LogP contribution in [0.1, 0.15) is 40.1 Å². The van der Waals surface area contributed by atoms with Crippen LogP contribution in [0.5, 0.6) is 0 Å². The molecule has 5 nitrogen and oxygen atoms in total. The van der Waals surface area contributed by atoms with E-state index in [-0.39, 0.29) is 22.9 Å². The van der Waals surface area contributed by atoms with Crippen LogP contribution in [0.15, 0.2) is 42.5 Å². The second-order valence-electron chi connectivity index (χ2n) is 5.85. The summed E-state index contributed by atoms with van der Waals surface area (Å²) in [6, 6.07) is 11.5. The highest BCUT2D eigenvalue weighted by Crippen LogP contribution is 2.20. The number of ether oxygens (including phenoxy) is 1. The Morgan fingerprint density at radius 3 is 2.33 bits per heavy atom. The fourth-order valence-corrected chi connectivity index (χ4v) is 2.85. The first-order valence-electron chi connectivity index (χ1n) is 8.37. The Morgan fingerprint density at radius 2 is 1.74 bits per heavy atom. The largest absolute Gasteiger partial charge is 0.453 e. The molecule has 0 heterocycles. The van der Waals surface area contributed by atoms with Crippen LogP contribution in [0, 0.1) is 0 Å². The first kappa shape index (κ1) is 20.9. The summed E-state index contributed by atoms with van der Waals surface area (Å²) in [4.78, 5) is 36.3. The maximum absolute atomic E-state index is 12.3. The van der Waals surface area contributed by atoms with Gasteiger partial charge in [-0.05, 0) is 37.1 Å². The quantitative estimate of drug-likeness (QED) is 0.553. The number of carbonyl (C=O) groups is 3. The zero-order valence-electron chi connectivity index (χ0n) is 14.9. The summed E-state index contributed by atoms with van der Waals surface area (Å²) in [6.45, 7) is 3.13. The fourth-order valence-electron chi connectivity index (χ4n) is 2.35. The van der Waals surface area contributed by atoms with Gasteiger partial charge in [0.2, 0.25) is 5.78 Å². The van der Waals surface area contributed by atoms with Crippen molar-refractivity contribution in [2.75, 3.05) is 6.54 Å². The zero-order valence-corrected chi connectivity index (χ0v) is 16.4. The van der Waals surface area contributed by atoms with Crippen LogP contribution < -0.4 is 5.32 Å². The number of ketones is 1. The van der Waals surface area contributed by atoms with Crippen LogP contribution in [-0.2, 0) is 16.0 Å². The molecule has 2 aromatic carbocycles. The number of rotatable bonds is 7. The smallest absolute Gasteiger partial charge is 0.326 e. The van der Waals surface area contributed by atoms with E-state index < -0.39 is 18.0 Å². The lowest BCUT2D eigenvalue weighted by molar-refractivity contribution is -0.145. The van der Waals surface area contributed by atoms with E-state index in [1.165, 1.54) is 25.1 Å². The summed E-state index contributed by atoms with van der Waals surface area (Å²) in [6.07, 6.45) is -0.0860. The summed E-state index contributed by atoms with van der Waals surface area (Å²) in [5, 5.41) is 2.98. The number of nitrogens with one attached hydrogen (secondary N) is 1. The van der Waals surface area contributed by atoms with E-state index >= 15 is 0 Å². The van der Waals surface area contributed by atoms with Crippen molar-refractivity contribution < 1.29 is 19.1 Å². The van der Waals surface area contributed by atoms with Gasteiger partial charge in [0.25, 0.3) is 5.91 Å². The van der Waals surface area contributed by atoms with Gasteiger partial charge < -0.3 is 10.1 Å². The Morgan fingerprint density at radius 1 is 1.07 bits per heavy atom. The van der Waals surface area contributed by atoms with Crippen LogP contribution >= 0.6 is 23.2 Å². The van der Waals surface area contributed by atoms with Gasteiger partial charge in [-0.2, -0.15) is 0 Å². The number of halogens is 2. The van der Waals surface area contributed by atoms with Gasteiger partial charge in [-0.3, -0.25) is 14.4 Å². The molecule has 0 saturated heterocycles. The highest BCUT2D eigenvalue weighted by molar-refractivity contribution is 6.36. The van der Waals surface area contributed by atoms with Crippen LogP contribution in [0.2, 0.25) is 10.0 Å². The highest BCUT2D eigenvalue weighted by atomic mass is 35.5. The van der Waals surface area contributed by atoms with Crippen molar-refractivity contribution in [3.05, 3.63) is 69.2 Å². The Balaban J connectivity index is 1.88. The molecule has 142 valence electrons. The van der Waals surface area contributed by atoms with E-state index in [1.807, 2.05) is 19.1 Å². The van der Waals surface area contributed by atoms with E-state index in [9.17, 15) is 14.4 Å². The van der Waals surface area contributed by atoms with Crippen LogP contribution in [0.4, 0.5) is 0 Å². The summed E-state index contributed by atoms with van der Waals surface area (Å²) < 4.78 is 5.10. The molecule has 0 aliphatic heterocycles. The number of carbonyl (C=O) groups excluding carboxylic acids is 3. The molecular formula is C20H19Cl2NO4. The number of esters is 1. The minimum atomic E-state index is -0.957. The molecule has 0 bridgehead atoms. The minimum Gasteiger partial charge on any atom is -0.453 e.